The van der Waals surface area contributed by atoms with Crippen molar-refractivity contribution in [3.63, 3.8) is 0 Å². The van der Waals surface area contributed by atoms with Crippen molar-refractivity contribution in [2.75, 3.05) is 12.3 Å². The van der Waals surface area contributed by atoms with Crippen molar-refractivity contribution in [1.29, 1.82) is 0 Å². The molecule has 30 heavy (non-hydrogen) atoms. The van der Waals surface area contributed by atoms with Gasteiger partial charge in [-0.25, -0.2) is 14.0 Å². The zero-order valence-electron chi connectivity index (χ0n) is 15.9. The number of alkyl halides is 1. The molecular weight excluding hydrogens is 401 g/mol. The second kappa shape index (κ2) is 9.01. The van der Waals surface area contributed by atoms with E-state index in [9.17, 15) is 19.5 Å². The van der Waals surface area contributed by atoms with Crippen LogP contribution in [0.15, 0.2) is 41.3 Å². The van der Waals surface area contributed by atoms with Gasteiger partial charge in [0.2, 0.25) is 0 Å². The number of hydrogen-bond acceptors (Lipinski definition) is 9. The van der Waals surface area contributed by atoms with E-state index in [-0.39, 0.29) is 16.9 Å². The van der Waals surface area contributed by atoms with Crippen molar-refractivity contribution in [3.05, 3.63) is 58.1 Å². The number of nitrogens with zero attached hydrogens (tertiary/aromatic N) is 2. The first-order valence-corrected chi connectivity index (χ1v) is 8.99. The molecular formula is C19H20FN3O7. The summed E-state index contributed by atoms with van der Waals surface area (Å²) in [7, 11) is 0. The lowest BCUT2D eigenvalue weighted by Crippen LogP contribution is -2.37. The quantitative estimate of drug-likeness (QED) is 0.631. The lowest BCUT2D eigenvalue weighted by molar-refractivity contribution is -0.152. The summed E-state index contributed by atoms with van der Waals surface area (Å²) in [5, 5.41) is 9.32. The van der Waals surface area contributed by atoms with E-state index in [1.807, 2.05) is 0 Å². The Balaban J connectivity index is 1.82. The number of aromatic nitrogens is 2. The smallest absolute Gasteiger partial charge is 0.351 e. The van der Waals surface area contributed by atoms with Gasteiger partial charge < -0.3 is 25.1 Å². The van der Waals surface area contributed by atoms with Crippen LogP contribution < -0.4 is 11.4 Å². The molecule has 1 aliphatic heterocycles. The first-order chi connectivity index (χ1) is 14.3. The van der Waals surface area contributed by atoms with E-state index < -0.39 is 55.4 Å². The van der Waals surface area contributed by atoms with E-state index in [1.54, 1.807) is 18.2 Å². The number of carbonyl (C=O) groups excluding carboxylic acids is 2. The topological polar surface area (TPSA) is 143 Å². The monoisotopic (exact) mass is 421 g/mol. The molecule has 3 N–H and O–H groups in total. The Bertz CT molecular complexity index is 982. The first-order valence-electron chi connectivity index (χ1n) is 8.99. The van der Waals surface area contributed by atoms with Gasteiger partial charge in [-0.05, 0) is 12.1 Å². The summed E-state index contributed by atoms with van der Waals surface area (Å²) in [6, 6.07) is 8.11. The zero-order chi connectivity index (χ0) is 21.8. The number of benzene rings is 1. The third-order valence-electron chi connectivity index (χ3n) is 4.46. The summed E-state index contributed by atoms with van der Waals surface area (Å²) >= 11 is 0. The number of esters is 2. The Labute approximate surface area is 170 Å². The second-order valence-electron chi connectivity index (χ2n) is 6.55. The van der Waals surface area contributed by atoms with Gasteiger partial charge in [-0.15, -0.1) is 0 Å². The summed E-state index contributed by atoms with van der Waals surface area (Å²) in [5.41, 5.74) is 5.00. The molecule has 1 aromatic heterocycles. The number of anilines is 1. The molecule has 1 aliphatic rings. The molecule has 10 nitrogen and oxygen atoms in total. The maximum absolute atomic E-state index is 15.1. The predicted octanol–water partition coefficient (Wildman–Crippen LogP) is 0.342. The average molecular weight is 421 g/mol. The molecule has 2 aromatic rings. The minimum absolute atomic E-state index is 0.0911. The highest BCUT2D eigenvalue weighted by molar-refractivity contribution is 5.89. The number of ether oxygens (including phenoxy) is 3. The summed E-state index contributed by atoms with van der Waals surface area (Å²) in [4.78, 5) is 39.3. The highest BCUT2D eigenvalue weighted by Crippen LogP contribution is 2.33. The molecule has 0 spiro atoms. The molecule has 0 aliphatic carbocycles. The summed E-state index contributed by atoms with van der Waals surface area (Å²) in [5.74, 6) is -1.64. The Kier molecular flexibility index (Phi) is 6.43. The number of hydrogen-bond donors (Lipinski definition) is 2. The van der Waals surface area contributed by atoms with Gasteiger partial charge in [0.05, 0.1) is 12.2 Å². The largest absolute Gasteiger partial charge is 0.459 e. The Hall–Kier alpha value is -3.31. The number of nitrogens with two attached hydrogens (primary N) is 1. The number of rotatable bonds is 6. The molecule has 0 amide bonds. The normalized spacial score (nSPS) is 23.2. The van der Waals surface area contributed by atoms with Crippen LogP contribution >= 0.6 is 0 Å². The molecule has 1 fully saturated rings. The van der Waals surface area contributed by atoms with Gasteiger partial charge >= 0.3 is 17.6 Å². The number of halogens is 1. The van der Waals surface area contributed by atoms with Crippen LogP contribution in [0.2, 0.25) is 0 Å². The molecule has 160 valence electrons. The van der Waals surface area contributed by atoms with E-state index in [0.717, 1.165) is 17.7 Å². The molecule has 1 saturated heterocycles. The standard InChI is InChI=1S/C19H20FN3O7/c1-10(25)29-15-13(9-28-18(26)11-5-3-2-4-6-11)30-17(14(15)20)23-7-12(8-24)16(21)22-19(23)27/h2-7,13-15,17,24H,8-9H2,1H3,(H2,21,22,27)/t13-,14+,15-,17-/m1/s1. The summed E-state index contributed by atoms with van der Waals surface area (Å²) in [6.07, 6.45) is -4.99. The molecule has 3 rings (SSSR count). The van der Waals surface area contributed by atoms with E-state index in [0.29, 0.717) is 0 Å². The average Bonchev–Trinajstić information content (AvgIpc) is 3.02. The molecule has 0 bridgehead atoms. The highest BCUT2D eigenvalue weighted by atomic mass is 19.1. The first kappa shape index (κ1) is 21.4. The lowest BCUT2D eigenvalue weighted by Gasteiger charge is -2.18. The predicted molar refractivity (Wildman–Crippen MR) is 99.9 cm³/mol. The molecule has 0 radical (unpaired) electrons. The molecule has 0 unspecified atom stereocenters. The zero-order valence-corrected chi connectivity index (χ0v) is 15.9. The van der Waals surface area contributed by atoms with Gasteiger partial charge in [0.25, 0.3) is 0 Å². The third-order valence-corrected chi connectivity index (χ3v) is 4.46. The van der Waals surface area contributed by atoms with E-state index >= 15 is 4.39 Å². The second-order valence-corrected chi connectivity index (χ2v) is 6.55. The number of aliphatic hydroxyl groups is 1. The number of nitrogen functional groups attached to an aromatic ring is 1. The van der Waals surface area contributed by atoms with E-state index in [4.69, 9.17) is 19.9 Å². The molecule has 2 heterocycles. The third kappa shape index (κ3) is 4.47. The van der Waals surface area contributed by atoms with Crippen LogP contribution in [-0.4, -0.2) is 51.6 Å². The minimum Gasteiger partial charge on any atom is -0.459 e. The van der Waals surface area contributed by atoms with Crippen LogP contribution in [0.25, 0.3) is 0 Å². The van der Waals surface area contributed by atoms with Crippen molar-refractivity contribution in [1.82, 2.24) is 9.55 Å². The fourth-order valence-electron chi connectivity index (χ4n) is 3.03. The van der Waals surface area contributed by atoms with Gasteiger partial charge in [-0.1, -0.05) is 18.2 Å². The Morgan fingerprint density at radius 2 is 2.03 bits per heavy atom. The van der Waals surface area contributed by atoms with Crippen molar-refractivity contribution >= 4 is 17.8 Å². The molecule has 11 heteroatoms. The van der Waals surface area contributed by atoms with Gasteiger partial charge in [0, 0.05) is 18.7 Å². The van der Waals surface area contributed by atoms with Gasteiger partial charge in [-0.3, -0.25) is 9.36 Å². The van der Waals surface area contributed by atoms with Crippen LogP contribution in [0.1, 0.15) is 29.1 Å². The van der Waals surface area contributed by atoms with Crippen molar-refractivity contribution in [2.24, 2.45) is 0 Å². The fraction of sp³-hybridized carbons (Fsp3) is 0.368. The maximum atomic E-state index is 15.1. The molecule has 0 saturated carbocycles. The van der Waals surface area contributed by atoms with Gasteiger partial charge in [-0.2, -0.15) is 4.98 Å². The number of carbonyl (C=O) groups is 2. The van der Waals surface area contributed by atoms with E-state index in [1.165, 1.54) is 12.1 Å². The van der Waals surface area contributed by atoms with Crippen LogP contribution in [-0.2, 0) is 25.6 Å². The van der Waals surface area contributed by atoms with Crippen molar-refractivity contribution in [3.8, 4) is 0 Å². The fourth-order valence-corrected chi connectivity index (χ4v) is 3.03. The van der Waals surface area contributed by atoms with E-state index in [2.05, 4.69) is 4.98 Å². The maximum Gasteiger partial charge on any atom is 0.351 e. The highest BCUT2D eigenvalue weighted by Gasteiger charge is 2.49. The molecule has 1 aromatic carbocycles. The summed E-state index contributed by atoms with van der Waals surface area (Å²) in [6.45, 7) is 0.134. The van der Waals surface area contributed by atoms with Crippen molar-refractivity contribution in [2.45, 2.75) is 38.1 Å². The lowest BCUT2D eigenvalue weighted by atomic mass is 10.1. The van der Waals surface area contributed by atoms with Crippen LogP contribution in [0, 0.1) is 0 Å². The Morgan fingerprint density at radius 3 is 2.67 bits per heavy atom. The van der Waals surface area contributed by atoms with Crippen molar-refractivity contribution < 1.29 is 33.3 Å². The van der Waals surface area contributed by atoms with Crippen LogP contribution in [0.3, 0.4) is 0 Å². The minimum atomic E-state index is -1.97. The molecule has 4 atom stereocenters. The Morgan fingerprint density at radius 1 is 1.33 bits per heavy atom. The summed E-state index contributed by atoms with van der Waals surface area (Å²) < 4.78 is 31.6. The van der Waals surface area contributed by atoms with Gasteiger partial charge in [0.15, 0.2) is 18.5 Å². The SMILES string of the molecule is CC(=O)O[C@H]1[C@H](F)[C@H](n2cc(CO)c(N)nc2=O)O[C@@H]1COC(=O)c1ccccc1. The number of aliphatic hydroxyl groups excluding tert-OH is 1. The van der Waals surface area contributed by atoms with Crippen LogP contribution in [0.5, 0.6) is 0 Å². The van der Waals surface area contributed by atoms with Crippen LogP contribution in [0.4, 0.5) is 10.2 Å². The van der Waals surface area contributed by atoms with Gasteiger partial charge in [0.1, 0.15) is 18.5 Å².